The second-order valence-electron chi connectivity index (χ2n) is 14.0. The van der Waals surface area contributed by atoms with Crippen LogP contribution in [0.25, 0.3) is 0 Å². The lowest BCUT2D eigenvalue weighted by Crippen LogP contribution is -2.59. The van der Waals surface area contributed by atoms with E-state index in [1.807, 2.05) is 13.8 Å². The molecule has 44 heavy (non-hydrogen) atoms. The Bertz CT molecular complexity index is 882. The predicted molar refractivity (Wildman–Crippen MR) is 175 cm³/mol. The number of nitrogens with zero attached hydrogens (tertiary/aromatic N) is 1. The van der Waals surface area contributed by atoms with Crippen molar-refractivity contribution in [2.24, 2.45) is 11.3 Å². The van der Waals surface area contributed by atoms with Crippen LogP contribution in [0.4, 0.5) is 4.79 Å². The van der Waals surface area contributed by atoms with Gasteiger partial charge < -0.3 is 30.1 Å². The van der Waals surface area contributed by atoms with Crippen molar-refractivity contribution in [2.45, 2.75) is 155 Å². The van der Waals surface area contributed by atoms with Gasteiger partial charge in [-0.2, -0.15) is 0 Å². The fraction of sp³-hybridized carbons (Fsp3) is 0.857. The molecule has 254 valence electrons. The van der Waals surface area contributed by atoms with Crippen LogP contribution in [-0.2, 0) is 19.1 Å². The number of hydrogen-bond acceptors (Lipinski definition) is 5. The summed E-state index contributed by atoms with van der Waals surface area (Å²) in [7, 11) is 0. The zero-order valence-electron chi connectivity index (χ0n) is 28.5. The highest BCUT2D eigenvalue weighted by Gasteiger charge is 2.46. The van der Waals surface area contributed by atoms with E-state index in [1.165, 1.54) is 70.6 Å². The molecule has 2 unspecified atom stereocenters. The third-order valence-electron chi connectivity index (χ3n) is 8.97. The number of rotatable bonds is 20. The lowest BCUT2D eigenvalue weighted by molar-refractivity contribution is -0.304. The zero-order chi connectivity index (χ0) is 32.4. The van der Waals surface area contributed by atoms with Gasteiger partial charge in [-0.1, -0.05) is 84.3 Å². The van der Waals surface area contributed by atoms with Crippen molar-refractivity contribution in [3.8, 4) is 0 Å². The molecule has 0 aromatic rings. The first kappa shape index (κ1) is 38.1. The number of piperidine rings is 1. The van der Waals surface area contributed by atoms with E-state index in [4.69, 9.17) is 9.47 Å². The molecule has 0 spiro atoms. The number of carbonyl (C=O) groups is 3. The molecule has 2 atom stereocenters. The van der Waals surface area contributed by atoms with Gasteiger partial charge in [-0.15, -0.1) is 0 Å². The van der Waals surface area contributed by atoms with Crippen molar-refractivity contribution in [1.82, 2.24) is 15.5 Å². The average Bonchev–Trinajstić information content (AvgIpc) is 2.97. The van der Waals surface area contributed by atoms with Crippen LogP contribution >= 0.6 is 0 Å². The summed E-state index contributed by atoms with van der Waals surface area (Å²) in [5, 5.41) is 15.6. The summed E-state index contributed by atoms with van der Waals surface area (Å²) in [5.41, 5.74) is -0.543. The lowest BCUT2D eigenvalue weighted by Gasteiger charge is -2.45. The van der Waals surface area contributed by atoms with Crippen LogP contribution in [0.3, 0.4) is 0 Å². The molecule has 0 aromatic heterocycles. The second-order valence-corrected chi connectivity index (χ2v) is 14.0. The van der Waals surface area contributed by atoms with Gasteiger partial charge in [-0.3, -0.25) is 9.59 Å². The fourth-order valence-corrected chi connectivity index (χ4v) is 6.11. The monoisotopic (exact) mass is 621 g/mol. The van der Waals surface area contributed by atoms with E-state index < -0.39 is 29.3 Å². The molecule has 3 N–H and O–H groups in total. The molecule has 2 aliphatic heterocycles. The third kappa shape index (κ3) is 14.8. The van der Waals surface area contributed by atoms with Crippen molar-refractivity contribution in [3.63, 3.8) is 0 Å². The number of nitrogens with one attached hydrogen (secondary N) is 2. The normalized spacial score (nSPS) is 20.8. The van der Waals surface area contributed by atoms with Crippen molar-refractivity contribution in [3.05, 3.63) is 12.2 Å². The molecule has 0 saturated carbocycles. The van der Waals surface area contributed by atoms with Crippen LogP contribution in [0.15, 0.2) is 12.2 Å². The van der Waals surface area contributed by atoms with Crippen molar-refractivity contribution in [1.29, 1.82) is 0 Å². The Morgan fingerprint density at radius 2 is 1.45 bits per heavy atom. The number of carboxylic acid groups (broad SMARTS) is 1. The molecule has 2 fully saturated rings. The van der Waals surface area contributed by atoms with Crippen molar-refractivity contribution < 1.29 is 29.0 Å². The molecular weight excluding hydrogens is 558 g/mol. The van der Waals surface area contributed by atoms with Gasteiger partial charge in [-0.25, -0.2) is 4.79 Å². The maximum atomic E-state index is 13.3. The number of carboxylic acids is 1. The molecule has 0 bridgehead atoms. The number of ether oxygens (including phenoxy) is 2. The molecule has 9 heteroatoms. The Balaban J connectivity index is 1.61. The standard InChI is InChI=1S/C35H63N3O6/c1-6-7-8-9-10-11-12-13-14-15-16-17-18-19-20-23-36-33(42)38-24-21-28(22-25-38)29(26-30(39)40)37-32(41)31-34(2,3)27-43-35(4,5)44-31/h13-14,28-29,31H,6-12,15-27H2,1-5H3,(H,36,42)(H,37,41)(H,39,40). The minimum Gasteiger partial charge on any atom is -0.481 e. The van der Waals surface area contributed by atoms with Crippen LogP contribution in [0.1, 0.15) is 137 Å². The minimum atomic E-state index is -0.956. The highest BCUT2D eigenvalue weighted by molar-refractivity contribution is 5.83. The van der Waals surface area contributed by atoms with Gasteiger partial charge in [-0.05, 0) is 64.7 Å². The molecule has 0 radical (unpaired) electrons. The Hall–Kier alpha value is -2.13. The second kappa shape index (κ2) is 20.1. The summed E-state index contributed by atoms with van der Waals surface area (Å²) in [6, 6.07) is -0.580. The summed E-state index contributed by atoms with van der Waals surface area (Å²) in [6.07, 6.45) is 21.3. The summed E-state index contributed by atoms with van der Waals surface area (Å²) in [4.78, 5) is 39.5. The number of carbonyl (C=O) groups excluding carboxylic acids is 2. The van der Waals surface area contributed by atoms with E-state index in [2.05, 4.69) is 29.7 Å². The minimum absolute atomic E-state index is 0.0274. The predicted octanol–water partition coefficient (Wildman–Crippen LogP) is 7.19. The largest absolute Gasteiger partial charge is 0.481 e. The third-order valence-corrected chi connectivity index (χ3v) is 8.97. The number of unbranched alkanes of at least 4 members (excludes halogenated alkanes) is 11. The van der Waals surface area contributed by atoms with E-state index in [-0.39, 0.29) is 24.3 Å². The molecule has 0 aromatic carbocycles. The van der Waals surface area contributed by atoms with E-state index >= 15 is 0 Å². The van der Waals surface area contributed by atoms with Crippen molar-refractivity contribution >= 4 is 17.9 Å². The van der Waals surface area contributed by atoms with Crippen molar-refractivity contribution in [2.75, 3.05) is 26.2 Å². The SMILES string of the molecule is CCCCCCCCC=CCCCCCCCNC(=O)N1CCC(C(CC(=O)O)NC(=O)C2OC(C)(C)OCC2(C)C)CC1. The van der Waals surface area contributed by atoms with E-state index in [0.29, 0.717) is 39.1 Å². The number of aliphatic carboxylic acids is 1. The molecule has 2 heterocycles. The number of amides is 3. The summed E-state index contributed by atoms with van der Waals surface area (Å²) in [6.45, 7) is 11.7. The highest BCUT2D eigenvalue weighted by Crippen LogP contribution is 2.35. The Morgan fingerprint density at radius 3 is 2.05 bits per heavy atom. The van der Waals surface area contributed by atoms with Crippen LogP contribution in [0, 0.1) is 11.3 Å². The fourth-order valence-electron chi connectivity index (χ4n) is 6.11. The van der Waals surface area contributed by atoms with Crippen LogP contribution in [-0.4, -0.2) is 72.1 Å². The van der Waals surface area contributed by atoms with Gasteiger partial charge in [0.05, 0.1) is 13.0 Å². The average molecular weight is 622 g/mol. The highest BCUT2D eigenvalue weighted by atomic mass is 16.7. The number of urea groups is 1. The molecule has 0 aliphatic carbocycles. The van der Waals surface area contributed by atoms with Crippen LogP contribution < -0.4 is 10.6 Å². The van der Waals surface area contributed by atoms with E-state index in [1.54, 1.807) is 18.7 Å². The van der Waals surface area contributed by atoms with Gasteiger partial charge in [0.15, 0.2) is 5.79 Å². The first-order chi connectivity index (χ1) is 20.9. The van der Waals surface area contributed by atoms with Gasteiger partial charge >= 0.3 is 12.0 Å². The molecule has 2 aliphatic rings. The number of likely N-dealkylation sites (tertiary alicyclic amines) is 1. The topological polar surface area (TPSA) is 117 Å². The first-order valence-corrected chi connectivity index (χ1v) is 17.5. The maximum Gasteiger partial charge on any atom is 0.317 e. The number of allylic oxidation sites excluding steroid dienone is 2. The molecule has 3 amide bonds. The van der Waals surface area contributed by atoms with Gasteiger partial charge in [0.25, 0.3) is 0 Å². The van der Waals surface area contributed by atoms with E-state index in [0.717, 1.165) is 12.8 Å². The zero-order valence-corrected chi connectivity index (χ0v) is 28.5. The van der Waals surface area contributed by atoms with Gasteiger partial charge in [0.1, 0.15) is 6.10 Å². The molecular formula is C35H63N3O6. The van der Waals surface area contributed by atoms with Gasteiger partial charge in [0, 0.05) is 31.1 Å². The summed E-state index contributed by atoms with van der Waals surface area (Å²) < 4.78 is 11.7. The summed E-state index contributed by atoms with van der Waals surface area (Å²) in [5.74, 6) is -2.18. The number of hydrogen-bond donors (Lipinski definition) is 3. The quantitative estimate of drug-likeness (QED) is 0.0978. The maximum absolute atomic E-state index is 13.3. The molecule has 2 rings (SSSR count). The molecule has 9 nitrogen and oxygen atoms in total. The first-order valence-electron chi connectivity index (χ1n) is 17.5. The van der Waals surface area contributed by atoms with Crippen LogP contribution in [0.5, 0.6) is 0 Å². The van der Waals surface area contributed by atoms with Gasteiger partial charge in [0.2, 0.25) is 5.91 Å². The molecule has 2 saturated heterocycles. The Morgan fingerprint density at radius 1 is 0.886 bits per heavy atom. The lowest BCUT2D eigenvalue weighted by atomic mass is 9.83. The summed E-state index contributed by atoms with van der Waals surface area (Å²) >= 11 is 0. The van der Waals surface area contributed by atoms with E-state index in [9.17, 15) is 19.5 Å². The Kier molecular flexibility index (Phi) is 17.4. The smallest absolute Gasteiger partial charge is 0.317 e. The Labute approximate surface area is 267 Å². The van der Waals surface area contributed by atoms with Crippen LogP contribution in [0.2, 0.25) is 0 Å².